The van der Waals surface area contributed by atoms with E-state index in [0.717, 1.165) is 30.8 Å². The summed E-state index contributed by atoms with van der Waals surface area (Å²) in [6.07, 6.45) is 4.71. The highest BCUT2D eigenvalue weighted by Crippen LogP contribution is 2.22. The van der Waals surface area contributed by atoms with Crippen molar-refractivity contribution in [2.24, 2.45) is 0 Å². The molecule has 0 aliphatic carbocycles. The summed E-state index contributed by atoms with van der Waals surface area (Å²) in [6, 6.07) is 15.2. The molecule has 0 amide bonds. The maximum Gasteiger partial charge on any atom is 0.123 e. The molecule has 0 aliphatic heterocycles. The monoisotopic (exact) mass is 325 g/mol. The van der Waals surface area contributed by atoms with Crippen LogP contribution in [0.2, 0.25) is 0 Å². The minimum Gasteiger partial charge on any atom is -0.300 e. The lowest BCUT2D eigenvalue weighted by atomic mass is 10.0. The van der Waals surface area contributed by atoms with Gasteiger partial charge in [-0.1, -0.05) is 56.3 Å². The van der Waals surface area contributed by atoms with Crippen LogP contribution in [-0.2, 0) is 0 Å². The van der Waals surface area contributed by atoms with Crippen LogP contribution in [0.15, 0.2) is 54.6 Å². The molecule has 0 bridgehead atoms. The van der Waals surface area contributed by atoms with E-state index < -0.39 is 0 Å². The van der Waals surface area contributed by atoms with Gasteiger partial charge in [0, 0.05) is 6.54 Å². The number of hydrogen-bond acceptors (Lipinski definition) is 1. The molecule has 0 aromatic heterocycles. The first-order valence-corrected chi connectivity index (χ1v) is 8.89. The van der Waals surface area contributed by atoms with Gasteiger partial charge in [0.1, 0.15) is 5.82 Å². The van der Waals surface area contributed by atoms with Crippen molar-refractivity contribution in [1.29, 1.82) is 0 Å². The maximum absolute atomic E-state index is 13.0. The molecule has 2 heteroatoms. The summed E-state index contributed by atoms with van der Waals surface area (Å²) in [5.41, 5.74) is 4.71. The molecule has 0 radical (unpaired) electrons. The van der Waals surface area contributed by atoms with E-state index in [1.54, 1.807) is 0 Å². The van der Waals surface area contributed by atoms with Crippen molar-refractivity contribution in [2.75, 3.05) is 19.6 Å². The van der Waals surface area contributed by atoms with E-state index in [-0.39, 0.29) is 5.82 Å². The van der Waals surface area contributed by atoms with Gasteiger partial charge in [0.2, 0.25) is 0 Å². The average Bonchev–Trinajstić information content (AvgIpc) is 2.60. The summed E-state index contributed by atoms with van der Waals surface area (Å²) in [6.45, 7) is 9.94. The van der Waals surface area contributed by atoms with Crippen molar-refractivity contribution in [1.82, 2.24) is 4.90 Å². The van der Waals surface area contributed by atoms with Crippen molar-refractivity contribution >= 4 is 5.57 Å². The number of hydrogen-bond donors (Lipinski definition) is 0. The normalized spacial score (nSPS) is 12.0. The first-order chi connectivity index (χ1) is 11.6. The fraction of sp³-hybridized carbons (Fsp3) is 0.364. The van der Waals surface area contributed by atoms with Crippen LogP contribution in [0.25, 0.3) is 16.7 Å². The fourth-order valence-corrected chi connectivity index (χ4v) is 2.88. The second-order valence-corrected chi connectivity index (χ2v) is 6.27. The topological polar surface area (TPSA) is 3.24 Å². The summed E-state index contributed by atoms with van der Waals surface area (Å²) >= 11 is 0. The third kappa shape index (κ3) is 5.31. The quantitative estimate of drug-likeness (QED) is 0.574. The zero-order valence-electron chi connectivity index (χ0n) is 15.1. The molecule has 0 saturated carbocycles. The first-order valence-electron chi connectivity index (χ1n) is 8.89. The molecule has 0 saturated heterocycles. The number of halogens is 1. The highest BCUT2D eigenvalue weighted by atomic mass is 19.1. The molecule has 24 heavy (non-hydrogen) atoms. The molecule has 0 unspecified atom stereocenters. The molecular weight excluding hydrogens is 297 g/mol. The van der Waals surface area contributed by atoms with E-state index in [0.29, 0.717) is 0 Å². The number of benzene rings is 2. The summed E-state index contributed by atoms with van der Waals surface area (Å²) < 4.78 is 13.0. The number of nitrogens with zero attached hydrogens (tertiary/aromatic N) is 1. The highest BCUT2D eigenvalue weighted by molar-refractivity contribution is 5.69. The molecule has 1 nitrogen and oxygen atoms in total. The average molecular weight is 325 g/mol. The largest absolute Gasteiger partial charge is 0.300 e. The Morgan fingerprint density at radius 1 is 0.875 bits per heavy atom. The van der Waals surface area contributed by atoms with Gasteiger partial charge in [0.05, 0.1) is 0 Å². The van der Waals surface area contributed by atoms with Crippen LogP contribution in [0.4, 0.5) is 4.39 Å². The lowest BCUT2D eigenvalue weighted by molar-refractivity contribution is 0.304. The lowest BCUT2D eigenvalue weighted by Gasteiger charge is -2.19. The van der Waals surface area contributed by atoms with Gasteiger partial charge in [-0.05, 0) is 67.3 Å². The highest BCUT2D eigenvalue weighted by Gasteiger charge is 2.03. The van der Waals surface area contributed by atoms with Crippen LogP contribution >= 0.6 is 0 Å². The summed E-state index contributed by atoms with van der Waals surface area (Å²) in [5.74, 6) is -0.196. The smallest absolute Gasteiger partial charge is 0.123 e. The molecule has 0 spiro atoms. The van der Waals surface area contributed by atoms with Crippen LogP contribution in [-0.4, -0.2) is 24.5 Å². The van der Waals surface area contributed by atoms with Crippen molar-refractivity contribution < 1.29 is 4.39 Å². The summed E-state index contributed by atoms with van der Waals surface area (Å²) in [4.78, 5) is 2.50. The van der Waals surface area contributed by atoms with E-state index in [1.807, 2.05) is 12.1 Å². The fourth-order valence-electron chi connectivity index (χ4n) is 2.88. The predicted octanol–water partition coefficient (Wildman–Crippen LogP) is 6.02. The Morgan fingerprint density at radius 3 is 1.88 bits per heavy atom. The maximum atomic E-state index is 13.0. The van der Waals surface area contributed by atoms with Gasteiger partial charge in [-0.15, -0.1) is 0 Å². The summed E-state index contributed by atoms with van der Waals surface area (Å²) in [5, 5.41) is 0. The van der Waals surface area contributed by atoms with E-state index in [2.05, 4.69) is 56.0 Å². The lowest BCUT2D eigenvalue weighted by Crippen LogP contribution is -2.25. The molecule has 0 N–H and O–H groups in total. The second-order valence-electron chi connectivity index (χ2n) is 6.27. The van der Waals surface area contributed by atoms with Gasteiger partial charge < -0.3 is 0 Å². The Morgan fingerprint density at radius 2 is 1.38 bits per heavy atom. The molecule has 0 fully saturated rings. The van der Waals surface area contributed by atoms with Crippen molar-refractivity contribution in [2.45, 2.75) is 33.6 Å². The van der Waals surface area contributed by atoms with Crippen LogP contribution in [0.5, 0.6) is 0 Å². The molecule has 2 rings (SSSR count). The third-order valence-electron chi connectivity index (χ3n) is 4.25. The molecule has 2 aromatic rings. The van der Waals surface area contributed by atoms with Crippen molar-refractivity contribution in [3.63, 3.8) is 0 Å². The van der Waals surface area contributed by atoms with E-state index in [1.165, 1.54) is 36.1 Å². The van der Waals surface area contributed by atoms with Crippen LogP contribution < -0.4 is 0 Å². The molecule has 128 valence electrons. The van der Waals surface area contributed by atoms with Gasteiger partial charge in [-0.25, -0.2) is 4.39 Å². The number of allylic oxidation sites excluding steroid dienone is 1. The SMILES string of the molecule is CCCN(C/C=C(/C)c1ccc(-c2ccc(F)cc2)cc1)CCC. The van der Waals surface area contributed by atoms with Gasteiger partial charge in [-0.2, -0.15) is 0 Å². The third-order valence-corrected chi connectivity index (χ3v) is 4.25. The van der Waals surface area contributed by atoms with E-state index >= 15 is 0 Å². The summed E-state index contributed by atoms with van der Waals surface area (Å²) in [7, 11) is 0. The predicted molar refractivity (Wildman–Crippen MR) is 103 cm³/mol. The Hall–Kier alpha value is -1.93. The first kappa shape index (κ1) is 18.4. The molecule has 0 heterocycles. The molecule has 0 atom stereocenters. The van der Waals surface area contributed by atoms with Crippen LogP contribution in [0.3, 0.4) is 0 Å². The number of rotatable bonds is 8. The van der Waals surface area contributed by atoms with Crippen LogP contribution in [0.1, 0.15) is 39.2 Å². The van der Waals surface area contributed by atoms with Gasteiger partial charge >= 0.3 is 0 Å². The second kappa shape index (κ2) is 9.39. The Labute approximate surface area is 145 Å². The minimum absolute atomic E-state index is 0.196. The zero-order chi connectivity index (χ0) is 17.4. The molecule has 0 aliphatic rings. The Kier molecular flexibility index (Phi) is 7.20. The minimum atomic E-state index is -0.196. The molecule has 2 aromatic carbocycles. The van der Waals surface area contributed by atoms with Crippen LogP contribution in [0, 0.1) is 5.82 Å². The van der Waals surface area contributed by atoms with Crippen molar-refractivity contribution in [3.8, 4) is 11.1 Å². The Bertz CT molecular complexity index is 635. The zero-order valence-corrected chi connectivity index (χ0v) is 15.1. The van der Waals surface area contributed by atoms with E-state index in [9.17, 15) is 4.39 Å². The van der Waals surface area contributed by atoms with Gasteiger partial charge in [0.15, 0.2) is 0 Å². The van der Waals surface area contributed by atoms with Crippen molar-refractivity contribution in [3.05, 3.63) is 66.0 Å². The van der Waals surface area contributed by atoms with E-state index in [4.69, 9.17) is 0 Å². The molecular formula is C22H28FN. The standard InChI is InChI=1S/C22H28FN/c1-4-15-24(16-5-2)17-14-18(3)19-6-8-20(9-7-19)21-10-12-22(23)13-11-21/h6-14H,4-5,15-17H2,1-3H3/b18-14-. The van der Waals surface area contributed by atoms with Gasteiger partial charge in [-0.3, -0.25) is 4.90 Å². The Balaban J connectivity index is 2.06. The van der Waals surface area contributed by atoms with Gasteiger partial charge in [0.25, 0.3) is 0 Å².